The van der Waals surface area contributed by atoms with Gasteiger partial charge in [0.25, 0.3) is 0 Å². The lowest BCUT2D eigenvalue weighted by Gasteiger charge is -2.16. The number of aryl methyl sites for hydroxylation is 1. The summed E-state index contributed by atoms with van der Waals surface area (Å²) in [6.07, 6.45) is 1.94. The molecular weight excluding hydrogens is 384 g/mol. The van der Waals surface area contributed by atoms with Crippen LogP contribution in [0.15, 0.2) is 52.3 Å². The number of sulfonamides is 1. The van der Waals surface area contributed by atoms with Gasteiger partial charge in [-0.25, -0.2) is 8.42 Å². The first-order valence-electron chi connectivity index (χ1n) is 8.47. The zero-order valence-electron chi connectivity index (χ0n) is 15.8. The molecule has 0 unspecified atom stereocenters. The van der Waals surface area contributed by atoms with Crippen molar-refractivity contribution in [2.24, 2.45) is 0 Å². The van der Waals surface area contributed by atoms with Crippen LogP contribution in [0.2, 0.25) is 0 Å². The van der Waals surface area contributed by atoms with Gasteiger partial charge in [0, 0.05) is 10.6 Å². The number of ether oxygens (including phenoxy) is 1. The number of nitrogens with one attached hydrogen (secondary N) is 2. The molecule has 2 N–H and O–H groups in total. The van der Waals surface area contributed by atoms with Gasteiger partial charge in [0.15, 0.2) is 0 Å². The van der Waals surface area contributed by atoms with E-state index in [2.05, 4.69) is 10.0 Å². The van der Waals surface area contributed by atoms with Gasteiger partial charge >= 0.3 is 0 Å². The molecule has 2 aromatic rings. The third-order valence-corrected chi connectivity index (χ3v) is 6.08. The molecule has 2 rings (SSSR count). The molecule has 6 nitrogen and oxygen atoms in total. The van der Waals surface area contributed by atoms with Crippen molar-refractivity contribution in [3.8, 4) is 5.75 Å². The van der Waals surface area contributed by atoms with Crippen molar-refractivity contribution in [1.29, 1.82) is 0 Å². The lowest BCUT2D eigenvalue weighted by Crippen LogP contribution is -2.41. The Hall–Kier alpha value is -2.03. The van der Waals surface area contributed by atoms with E-state index in [9.17, 15) is 13.2 Å². The van der Waals surface area contributed by atoms with Crippen LogP contribution in [-0.2, 0) is 14.8 Å². The summed E-state index contributed by atoms with van der Waals surface area (Å²) in [5, 5.41) is 2.73. The molecule has 0 heterocycles. The molecule has 0 aromatic heterocycles. The third kappa shape index (κ3) is 5.72. The van der Waals surface area contributed by atoms with Gasteiger partial charge in [-0.3, -0.25) is 4.79 Å². The van der Waals surface area contributed by atoms with Crippen molar-refractivity contribution >= 4 is 33.4 Å². The van der Waals surface area contributed by atoms with Crippen LogP contribution < -0.4 is 14.8 Å². The van der Waals surface area contributed by atoms with Gasteiger partial charge in [-0.05, 0) is 69.0 Å². The van der Waals surface area contributed by atoms with E-state index in [1.807, 2.05) is 31.4 Å². The summed E-state index contributed by atoms with van der Waals surface area (Å²) in [5.74, 6) is 0.204. The van der Waals surface area contributed by atoms with E-state index in [0.717, 1.165) is 4.90 Å². The number of hydrogen-bond donors (Lipinski definition) is 2. The minimum atomic E-state index is -3.83. The minimum absolute atomic E-state index is 0.0903. The molecule has 0 spiro atoms. The number of carbonyl (C=O) groups is 1. The first-order chi connectivity index (χ1) is 12.8. The highest BCUT2D eigenvalue weighted by Crippen LogP contribution is 2.22. The number of amides is 1. The SMILES string of the molecule is CCOc1ccc(S(=O)(=O)N[C@H](C)C(=O)Nc2cccc(SC)c2)cc1C. The highest BCUT2D eigenvalue weighted by Gasteiger charge is 2.23. The molecule has 0 saturated carbocycles. The van der Waals surface area contributed by atoms with E-state index in [1.165, 1.54) is 19.1 Å². The van der Waals surface area contributed by atoms with Crippen molar-refractivity contribution in [1.82, 2.24) is 4.72 Å². The quantitative estimate of drug-likeness (QED) is 0.654. The van der Waals surface area contributed by atoms with Crippen LogP contribution in [0.4, 0.5) is 5.69 Å². The minimum Gasteiger partial charge on any atom is -0.494 e. The molecule has 0 aliphatic rings. The largest absolute Gasteiger partial charge is 0.494 e. The number of thioether (sulfide) groups is 1. The molecule has 0 aliphatic carbocycles. The van der Waals surface area contributed by atoms with Gasteiger partial charge in [-0.15, -0.1) is 11.8 Å². The predicted molar refractivity (Wildman–Crippen MR) is 109 cm³/mol. The standard InChI is InChI=1S/C19H24N2O4S2/c1-5-25-18-10-9-17(11-13(18)2)27(23,24)21-14(3)19(22)20-15-7-6-8-16(12-15)26-4/h6-12,14,21H,5H2,1-4H3,(H,20,22)/t14-/m1/s1. The summed E-state index contributed by atoms with van der Waals surface area (Å²) in [6, 6.07) is 11.0. The van der Waals surface area contributed by atoms with E-state index in [-0.39, 0.29) is 4.90 Å². The van der Waals surface area contributed by atoms with Crippen molar-refractivity contribution < 1.29 is 17.9 Å². The smallest absolute Gasteiger partial charge is 0.242 e. The van der Waals surface area contributed by atoms with E-state index < -0.39 is 22.0 Å². The maximum absolute atomic E-state index is 12.6. The number of hydrogen-bond acceptors (Lipinski definition) is 5. The highest BCUT2D eigenvalue weighted by atomic mass is 32.2. The Bertz CT molecular complexity index is 914. The second-order valence-corrected chi connectivity index (χ2v) is 8.52. The van der Waals surface area contributed by atoms with Gasteiger partial charge in [-0.2, -0.15) is 4.72 Å². The molecule has 2 aromatic carbocycles. The van der Waals surface area contributed by atoms with E-state index in [0.29, 0.717) is 23.6 Å². The molecule has 1 atom stereocenters. The van der Waals surface area contributed by atoms with Crippen LogP contribution in [0, 0.1) is 6.92 Å². The van der Waals surface area contributed by atoms with Gasteiger partial charge in [-0.1, -0.05) is 6.07 Å². The highest BCUT2D eigenvalue weighted by molar-refractivity contribution is 7.98. The summed E-state index contributed by atoms with van der Waals surface area (Å²) in [6.45, 7) is 5.65. The molecule has 1 amide bonds. The van der Waals surface area contributed by atoms with Crippen LogP contribution >= 0.6 is 11.8 Å². The monoisotopic (exact) mass is 408 g/mol. The van der Waals surface area contributed by atoms with Crippen LogP contribution in [0.5, 0.6) is 5.75 Å². The van der Waals surface area contributed by atoms with Crippen molar-refractivity contribution in [2.45, 2.75) is 36.6 Å². The molecule has 0 bridgehead atoms. The summed E-state index contributed by atoms with van der Waals surface area (Å²) in [7, 11) is -3.83. The van der Waals surface area contributed by atoms with Crippen molar-refractivity contribution in [3.63, 3.8) is 0 Å². The maximum atomic E-state index is 12.6. The van der Waals surface area contributed by atoms with E-state index in [4.69, 9.17) is 4.74 Å². The molecule has 146 valence electrons. The van der Waals surface area contributed by atoms with E-state index in [1.54, 1.807) is 30.8 Å². The van der Waals surface area contributed by atoms with Crippen LogP contribution in [-0.4, -0.2) is 33.2 Å². The Labute approximate surface area is 164 Å². The normalized spacial score (nSPS) is 12.4. The Morgan fingerprint density at radius 1 is 1.22 bits per heavy atom. The molecule has 0 radical (unpaired) electrons. The van der Waals surface area contributed by atoms with Gasteiger partial charge in [0.1, 0.15) is 5.75 Å². The topological polar surface area (TPSA) is 84.5 Å². The Morgan fingerprint density at radius 3 is 2.59 bits per heavy atom. The first-order valence-corrected chi connectivity index (χ1v) is 11.2. The summed E-state index contributed by atoms with van der Waals surface area (Å²) in [4.78, 5) is 13.5. The lowest BCUT2D eigenvalue weighted by molar-refractivity contribution is -0.117. The molecular formula is C19H24N2O4S2. The number of anilines is 1. The number of benzene rings is 2. The van der Waals surface area contributed by atoms with Crippen LogP contribution in [0.25, 0.3) is 0 Å². The Balaban J connectivity index is 2.09. The van der Waals surface area contributed by atoms with E-state index >= 15 is 0 Å². The zero-order valence-corrected chi connectivity index (χ0v) is 17.4. The van der Waals surface area contributed by atoms with Crippen LogP contribution in [0.1, 0.15) is 19.4 Å². The predicted octanol–water partition coefficient (Wildman–Crippen LogP) is 3.42. The molecule has 8 heteroatoms. The molecule has 27 heavy (non-hydrogen) atoms. The lowest BCUT2D eigenvalue weighted by atomic mass is 10.2. The second-order valence-electron chi connectivity index (χ2n) is 5.92. The number of rotatable bonds is 8. The van der Waals surface area contributed by atoms with Crippen molar-refractivity contribution in [3.05, 3.63) is 48.0 Å². The first kappa shape index (κ1) is 21.3. The molecule has 0 saturated heterocycles. The summed E-state index contributed by atoms with van der Waals surface area (Å²) in [5.41, 5.74) is 1.33. The fourth-order valence-corrected chi connectivity index (χ4v) is 4.16. The Kier molecular flexibility index (Phi) is 7.29. The summed E-state index contributed by atoms with van der Waals surface area (Å²) >= 11 is 1.56. The molecule has 0 fully saturated rings. The third-order valence-electron chi connectivity index (χ3n) is 3.82. The van der Waals surface area contributed by atoms with Crippen molar-refractivity contribution in [2.75, 3.05) is 18.2 Å². The Morgan fingerprint density at radius 2 is 1.96 bits per heavy atom. The maximum Gasteiger partial charge on any atom is 0.242 e. The second kappa shape index (κ2) is 9.25. The zero-order chi connectivity index (χ0) is 20.0. The fraction of sp³-hybridized carbons (Fsp3) is 0.316. The average Bonchev–Trinajstić information content (AvgIpc) is 2.63. The average molecular weight is 409 g/mol. The summed E-state index contributed by atoms with van der Waals surface area (Å²) < 4.78 is 33.0. The van der Waals surface area contributed by atoms with Gasteiger partial charge < -0.3 is 10.1 Å². The fourth-order valence-electron chi connectivity index (χ4n) is 2.41. The van der Waals surface area contributed by atoms with Gasteiger partial charge in [0.2, 0.25) is 15.9 Å². The molecule has 0 aliphatic heterocycles. The van der Waals surface area contributed by atoms with Gasteiger partial charge in [0.05, 0.1) is 17.5 Å². The van der Waals surface area contributed by atoms with Crippen LogP contribution in [0.3, 0.4) is 0 Å². The number of carbonyl (C=O) groups excluding carboxylic acids is 1.